The van der Waals surface area contributed by atoms with Crippen molar-refractivity contribution >= 4 is 11.6 Å². The van der Waals surface area contributed by atoms with Gasteiger partial charge in [0, 0.05) is 12.1 Å². The lowest BCUT2D eigenvalue weighted by molar-refractivity contribution is -0.122. The highest BCUT2D eigenvalue weighted by Gasteiger charge is 2.20. The quantitative estimate of drug-likeness (QED) is 0.793. The molecule has 2 aromatic rings. The first-order valence-electron chi connectivity index (χ1n) is 7.94. The van der Waals surface area contributed by atoms with Crippen molar-refractivity contribution in [2.24, 2.45) is 0 Å². The SMILES string of the molecule is CC[C@H](Oc1cccc(OC)c1)C(=O)Nc1ccc(OC)cc1OC. The molecule has 0 aliphatic heterocycles. The van der Waals surface area contributed by atoms with Gasteiger partial charge in [-0.1, -0.05) is 13.0 Å². The van der Waals surface area contributed by atoms with E-state index in [0.717, 1.165) is 0 Å². The van der Waals surface area contributed by atoms with Crippen molar-refractivity contribution in [3.63, 3.8) is 0 Å². The van der Waals surface area contributed by atoms with Gasteiger partial charge in [0.1, 0.15) is 23.0 Å². The molecule has 0 heterocycles. The van der Waals surface area contributed by atoms with E-state index in [1.807, 2.05) is 19.1 Å². The molecule has 6 heteroatoms. The molecule has 0 fully saturated rings. The van der Waals surface area contributed by atoms with E-state index in [0.29, 0.717) is 35.1 Å². The van der Waals surface area contributed by atoms with Gasteiger partial charge in [-0.25, -0.2) is 0 Å². The topological polar surface area (TPSA) is 66.0 Å². The van der Waals surface area contributed by atoms with Gasteiger partial charge in [-0.05, 0) is 30.7 Å². The minimum atomic E-state index is -0.640. The fourth-order valence-electron chi connectivity index (χ4n) is 2.28. The van der Waals surface area contributed by atoms with Crippen LogP contribution in [0.25, 0.3) is 0 Å². The van der Waals surface area contributed by atoms with Crippen LogP contribution in [0.15, 0.2) is 42.5 Å². The zero-order chi connectivity index (χ0) is 18.2. The second kappa shape index (κ2) is 8.82. The van der Waals surface area contributed by atoms with Crippen molar-refractivity contribution in [2.45, 2.75) is 19.4 Å². The van der Waals surface area contributed by atoms with Crippen LogP contribution in [0.4, 0.5) is 5.69 Å². The van der Waals surface area contributed by atoms with E-state index in [9.17, 15) is 4.79 Å². The Kier molecular flexibility index (Phi) is 6.51. The molecule has 2 aromatic carbocycles. The number of methoxy groups -OCH3 is 3. The Morgan fingerprint density at radius 1 is 0.960 bits per heavy atom. The fourth-order valence-corrected chi connectivity index (χ4v) is 2.28. The molecule has 0 saturated carbocycles. The van der Waals surface area contributed by atoms with Crippen LogP contribution in [0.1, 0.15) is 13.3 Å². The van der Waals surface area contributed by atoms with Gasteiger partial charge in [0.15, 0.2) is 6.10 Å². The summed E-state index contributed by atoms with van der Waals surface area (Å²) in [6.45, 7) is 1.88. The predicted octanol–water partition coefficient (Wildman–Crippen LogP) is 3.51. The highest BCUT2D eigenvalue weighted by atomic mass is 16.5. The van der Waals surface area contributed by atoms with E-state index in [4.69, 9.17) is 18.9 Å². The summed E-state index contributed by atoms with van der Waals surface area (Å²) in [5.74, 6) is 2.15. The highest BCUT2D eigenvalue weighted by molar-refractivity contribution is 5.95. The summed E-state index contributed by atoms with van der Waals surface area (Å²) in [6, 6.07) is 12.3. The molecule has 6 nitrogen and oxygen atoms in total. The average Bonchev–Trinajstić information content (AvgIpc) is 2.66. The van der Waals surface area contributed by atoms with Crippen LogP contribution in [0.5, 0.6) is 23.0 Å². The summed E-state index contributed by atoms with van der Waals surface area (Å²) in [5.41, 5.74) is 0.556. The number of carbonyl (C=O) groups excluding carboxylic acids is 1. The maximum Gasteiger partial charge on any atom is 0.265 e. The number of hydrogen-bond donors (Lipinski definition) is 1. The second-order valence-corrected chi connectivity index (χ2v) is 5.25. The van der Waals surface area contributed by atoms with Crippen molar-refractivity contribution in [1.29, 1.82) is 0 Å². The van der Waals surface area contributed by atoms with Crippen molar-refractivity contribution in [2.75, 3.05) is 26.6 Å². The molecule has 0 aliphatic rings. The van der Waals surface area contributed by atoms with Crippen LogP contribution >= 0.6 is 0 Å². The molecule has 0 saturated heterocycles. The molecule has 0 spiro atoms. The van der Waals surface area contributed by atoms with E-state index >= 15 is 0 Å². The molecule has 1 N–H and O–H groups in total. The van der Waals surface area contributed by atoms with Crippen LogP contribution in [0.2, 0.25) is 0 Å². The monoisotopic (exact) mass is 345 g/mol. The molecular weight excluding hydrogens is 322 g/mol. The third-order valence-electron chi connectivity index (χ3n) is 3.65. The Morgan fingerprint density at radius 2 is 1.64 bits per heavy atom. The second-order valence-electron chi connectivity index (χ2n) is 5.25. The number of ether oxygens (including phenoxy) is 4. The van der Waals surface area contributed by atoms with Crippen LogP contribution in [0.3, 0.4) is 0 Å². The van der Waals surface area contributed by atoms with Gasteiger partial charge in [0.25, 0.3) is 5.91 Å². The van der Waals surface area contributed by atoms with Gasteiger partial charge in [0.05, 0.1) is 27.0 Å². The first kappa shape index (κ1) is 18.4. The molecule has 134 valence electrons. The molecule has 1 amide bonds. The third-order valence-corrected chi connectivity index (χ3v) is 3.65. The van der Waals surface area contributed by atoms with Crippen molar-refractivity contribution in [3.05, 3.63) is 42.5 Å². The lowest BCUT2D eigenvalue weighted by Crippen LogP contribution is -2.32. The average molecular weight is 345 g/mol. The molecule has 0 aromatic heterocycles. The molecule has 25 heavy (non-hydrogen) atoms. The molecule has 0 radical (unpaired) electrons. The van der Waals surface area contributed by atoms with Crippen LogP contribution < -0.4 is 24.3 Å². The Balaban J connectivity index is 2.11. The zero-order valence-corrected chi connectivity index (χ0v) is 14.9. The molecule has 2 rings (SSSR count). The minimum Gasteiger partial charge on any atom is -0.497 e. The summed E-state index contributed by atoms with van der Waals surface area (Å²) >= 11 is 0. The number of rotatable bonds is 8. The number of anilines is 1. The summed E-state index contributed by atoms with van der Waals surface area (Å²) in [4.78, 5) is 12.6. The largest absolute Gasteiger partial charge is 0.497 e. The lowest BCUT2D eigenvalue weighted by Gasteiger charge is -2.19. The highest BCUT2D eigenvalue weighted by Crippen LogP contribution is 2.29. The van der Waals surface area contributed by atoms with Crippen LogP contribution in [-0.4, -0.2) is 33.3 Å². The number of benzene rings is 2. The molecule has 0 aliphatic carbocycles. The maximum absolute atomic E-state index is 12.6. The van der Waals surface area contributed by atoms with Gasteiger partial charge in [-0.15, -0.1) is 0 Å². The minimum absolute atomic E-state index is 0.256. The first-order chi connectivity index (χ1) is 12.1. The number of carbonyl (C=O) groups is 1. The summed E-state index contributed by atoms with van der Waals surface area (Å²) in [5, 5.41) is 2.84. The molecule has 1 atom stereocenters. The molecular formula is C19H23NO5. The van der Waals surface area contributed by atoms with E-state index in [2.05, 4.69) is 5.32 Å². The normalized spacial score (nSPS) is 11.4. The number of nitrogens with one attached hydrogen (secondary N) is 1. The lowest BCUT2D eigenvalue weighted by atomic mass is 10.2. The van der Waals surface area contributed by atoms with Crippen molar-refractivity contribution in [1.82, 2.24) is 0 Å². The van der Waals surface area contributed by atoms with E-state index in [-0.39, 0.29) is 5.91 Å². The van der Waals surface area contributed by atoms with E-state index in [1.54, 1.807) is 44.6 Å². The van der Waals surface area contributed by atoms with Gasteiger partial charge < -0.3 is 24.3 Å². The van der Waals surface area contributed by atoms with E-state index in [1.165, 1.54) is 7.11 Å². The van der Waals surface area contributed by atoms with Gasteiger partial charge in [0.2, 0.25) is 0 Å². The van der Waals surface area contributed by atoms with Gasteiger partial charge in [-0.3, -0.25) is 4.79 Å². The van der Waals surface area contributed by atoms with Gasteiger partial charge >= 0.3 is 0 Å². The fraction of sp³-hybridized carbons (Fsp3) is 0.316. The van der Waals surface area contributed by atoms with E-state index < -0.39 is 6.10 Å². The third kappa shape index (κ3) is 4.79. The maximum atomic E-state index is 12.6. The Hall–Kier alpha value is -2.89. The van der Waals surface area contributed by atoms with Crippen molar-refractivity contribution < 1.29 is 23.7 Å². The zero-order valence-electron chi connectivity index (χ0n) is 14.9. The standard InChI is InChI=1S/C19H23NO5/c1-5-17(25-15-8-6-7-13(11-15)22-2)19(21)20-16-10-9-14(23-3)12-18(16)24-4/h6-12,17H,5H2,1-4H3,(H,20,21)/t17-/m0/s1. The first-order valence-corrected chi connectivity index (χ1v) is 7.94. The van der Waals surface area contributed by atoms with Crippen molar-refractivity contribution in [3.8, 4) is 23.0 Å². The van der Waals surface area contributed by atoms with Crippen LogP contribution in [0, 0.1) is 0 Å². The smallest absolute Gasteiger partial charge is 0.265 e. The van der Waals surface area contributed by atoms with Crippen LogP contribution in [-0.2, 0) is 4.79 Å². The summed E-state index contributed by atoms with van der Waals surface area (Å²) < 4.78 is 21.4. The predicted molar refractivity (Wildman–Crippen MR) is 95.9 cm³/mol. The molecule has 0 unspecified atom stereocenters. The Bertz CT molecular complexity index is 717. The summed E-state index contributed by atoms with van der Waals surface area (Å²) in [6.07, 6.45) is -0.125. The number of amides is 1. The Morgan fingerprint density at radius 3 is 2.28 bits per heavy atom. The number of hydrogen-bond acceptors (Lipinski definition) is 5. The summed E-state index contributed by atoms with van der Waals surface area (Å²) in [7, 11) is 4.69. The Labute approximate surface area is 147 Å². The van der Waals surface area contributed by atoms with Gasteiger partial charge in [-0.2, -0.15) is 0 Å². The molecule has 0 bridgehead atoms.